The smallest absolute Gasteiger partial charge is 0.282 e. The molecule has 4 rings (SSSR count). The summed E-state index contributed by atoms with van der Waals surface area (Å²) in [5.74, 6) is -0.758. The van der Waals surface area contributed by atoms with Crippen molar-refractivity contribution in [3.63, 3.8) is 0 Å². The highest BCUT2D eigenvalue weighted by Gasteiger charge is 2.34. The van der Waals surface area contributed by atoms with Gasteiger partial charge in [-0.25, -0.2) is 0 Å². The van der Waals surface area contributed by atoms with Crippen molar-refractivity contribution in [2.24, 2.45) is 0 Å². The molecule has 0 radical (unpaired) electrons. The molecule has 3 aromatic rings. The van der Waals surface area contributed by atoms with E-state index in [0.717, 1.165) is 16.8 Å². The first kappa shape index (κ1) is 20.6. The second kappa shape index (κ2) is 8.23. The summed E-state index contributed by atoms with van der Waals surface area (Å²) >= 11 is 1.17. The number of carbonyl (C=O) groups is 2. The molecule has 1 unspecified atom stereocenters. The number of rotatable bonds is 5. The zero-order chi connectivity index (χ0) is 22.1. The summed E-state index contributed by atoms with van der Waals surface area (Å²) in [5.41, 5.74) is 2.79. The first-order chi connectivity index (χ1) is 14.8. The Bertz CT molecular complexity index is 1190. The average molecular weight is 437 g/mol. The van der Waals surface area contributed by atoms with Crippen molar-refractivity contribution >= 4 is 39.7 Å². The molecular weight excluding hydrogens is 418 g/mol. The van der Waals surface area contributed by atoms with Crippen molar-refractivity contribution in [3.05, 3.63) is 74.3 Å². The number of aryl methyl sites for hydroxylation is 2. The van der Waals surface area contributed by atoms with Crippen molar-refractivity contribution in [1.29, 1.82) is 0 Å². The number of hydrogen-bond donors (Lipinski definition) is 1. The fourth-order valence-electron chi connectivity index (χ4n) is 3.46. The number of aromatic nitrogens is 2. The highest BCUT2D eigenvalue weighted by molar-refractivity contribution is 7.15. The lowest BCUT2D eigenvalue weighted by Crippen LogP contribution is -2.24. The summed E-state index contributed by atoms with van der Waals surface area (Å²) in [6.45, 7) is 4.51. The molecule has 1 aliphatic rings. The van der Waals surface area contributed by atoms with E-state index in [4.69, 9.17) is 0 Å². The molecule has 1 aromatic heterocycles. The Labute approximate surface area is 181 Å². The summed E-state index contributed by atoms with van der Waals surface area (Å²) in [7, 11) is 0. The molecule has 0 spiro atoms. The third-order valence-corrected chi connectivity index (χ3v) is 6.28. The van der Waals surface area contributed by atoms with Gasteiger partial charge in [-0.2, -0.15) is 0 Å². The van der Waals surface area contributed by atoms with Gasteiger partial charge in [0.05, 0.1) is 4.92 Å². The number of hydrogen-bond acceptors (Lipinski definition) is 7. The van der Waals surface area contributed by atoms with Crippen LogP contribution in [0.25, 0.3) is 0 Å². The van der Waals surface area contributed by atoms with Crippen molar-refractivity contribution in [3.8, 4) is 0 Å². The standard InChI is InChI=1S/C21H19N5O4S/c1-12-7-8-15(9-13(12)2)25-11-14(10-18(25)27)20-23-24-21(31-20)22-19(28)16-5-3-4-6-17(16)26(29)30/h3-9,14H,10-11H2,1-2H3,(H,22,24,28). The number of nitro benzene ring substituents is 1. The Balaban J connectivity index is 1.48. The van der Waals surface area contributed by atoms with Crippen LogP contribution >= 0.6 is 11.3 Å². The molecular formula is C21H19N5O4S. The normalized spacial score (nSPS) is 15.9. The lowest BCUT2D eigenvalue weighted by Gasteiger charge is -2.17. The van der Waals surface area contributed by atoms with Crippen molar-refractivity contribution in [2.75, 3.05) is 16.8 Å². The van der Waals surface area contributed by atoms with E-state index in [1.165, 1.54) is 29.5 Å². The van der Waals surface area contributed by atoms with Crippen LogP contribution in [0.3, 0.4) is 0 Å². The van der Waals surface area contributed by atoms with E-state index in [1.807, 2.05) is 32.0 Å². The Morgan fingerprint density at radius 1 is 1.19 bits per heavy atom. The molecule has 1 N–H and O–H groups in total. The molecule has 0 aliphatic carbocycles. The maximum atomic E-state index is 12.6. The van der Waals surface area contributed by atoms with Crippen molar-refractivity contribution in [2.45, 2.75) is 26.2 Å². The zero-order valence-electron chi connectivity index (χ0n) is 16.9. The third kappa shape index (κ3) is 4.15. The maximum absolute atomic E-state index is 12.6. The Kier molecular flexibility index (Phi) is 5.47. The Morgan fingerprint density at radius 3 is 2.71 bits per heavy atom. The van der Waals surface area contributed by atoms with Gasteiger partial charge in [0.1, 0.15) is 10.6 Å². The van der Waals surface area contributed by atoms with Crippen LogP contribution in [0, 0.1) is 24.0 Å². The molecule has 2 amide bonds. The molecule has 31 heavy (non-hydrogen) atoms. The SMILES string of the molecule is Cc1ccc(N2CC(c3nnc(NC(=O)c4ccccc4[N+](=O)[O-])s3)CC2=O)cc1C. The van der Waals surface area contributed by atoms with Crippen LogP contribution in [0.1, 0.15) is 38.8 Å². The second-order valence-electron chi connectivity index (χ2n) is 7.35. The molecule has 158 valence electrons. The molecule has 1 saturated heterocycles. The zero-order valence-corrected chi connectivity index (χ0v) is 17.7. The molecule has 1 aliphatic heterocycles. The topological polar surface area (TPSA) is 118 Å². The number of carbonyl (C=O) groups excluding carboxylic acids is 2. The minimum Gasteiger partial charge on any atom is -0.312 e. The van der Waals surface area contributed by atoms with Gasteiger partial charge in [0.2, 0.25) is 11.0 Å². The summed E-state index contributed by atoms with van der Waals surface area (Å²) in [6.07, 6.45) is 0.305. The molecule has 1 atom stereocenters. The van der Waals surface area contributed by atoms with E-state index in [0.29, 0.717) is 18.0 Å². The number of benzene rings is 2. The van der Waals surface area contributed by atoms with Crippen LogP contribution in [0.5, 0.6) is 0 Å². The van der Waals surface area contributed by atoms with E-state index in [1.54, 1.807) is 11.0 Å². The number of para-hydroxylation sites is 1. The first-order valence-electron chi connectivity index (χ1n) is 9.59. The molecule has 0 saturated carbocycles. The average Bonchev–Trinajstić information content (AvgIpc) is 3.36. The third-order valence-electron chi connectivity index (χ3n) is 5.28. The molecule has 2 aromatic carbocycles. The van der Waals surface area contributed by atoms with Gasteiger partial charge >= 0.3 is 0 Å². The second-order valence-corrected chi connectivity index (χ2v) is 8.36. The van der Waals surface area contributed by atoms with Gasteiger partial charge in [-0.3, -0.25) is 25.0 Å². The minimum absolute atomic E-state index is 0.00829. The molecule has 0 bridgehead atoms. The summed E-state index contributed by atoms with van der Waals surface area (Å²) in [4.78, 5) is 37.3. The lowest BCUT2D eigenvalue weighted by atomic mass is 10.1. The fraction of sp³-hybridized carbons (Fsp3) is 0.238. The van der Waals surface area contributed by atoms with Crippen LogP contribution in [-0.4, -0.2) is 33.5 Å². The van der Waals surface area contributed by atoms with E-state index < -0.39 is 10.8 Å². The van der Waals surface area contributed by atoms with E-state index in [9.17, 15) is 19.7 Å². The summed E-state index contributed by atoms with van der Waals surface area (Å²) in [6, 6.07) is 11.6. The quantitative estimate of drug-likeness (QED) is 0.479. The number of nitrogens with one attached hydrogen (secondary N) is 1. The first-order valence-corrected chi connectivity index (χ1v) is 10.4. The van der Waals surface area contributed by atoms with Gasteiger partial charge in [-0.15, -0.1) is 10.2 Å². The predicted octanol–water partition coefficient (Wildman–Crippen LogP) is 3.84. The van der Waals surface area contributed by atoms with Gasteiger partial charge in [0.15, 0.2) is 0 Å². The number of nitrogens with zero attached hydrogens (tertiary/aromatic N) is 4. The van der Waals surface area contributed by atoms with Gasteiger partial charge in [0, 0.05) is 30.6 Å². The predicted molar refractivity (Wildman–Crippen MR) is 117 cm³/mol. The lowest BCUT2D eigenvalue weighted by molar-refractivity contribution is -0.385. The molecule has 1 fully saturated rings. The molecule has 2 heterocycles. The largest absolute Gasteiger partial charge is 0.312 e. The van der Waals surface area contributed by atoms with Crippen LogP contribution in [0.15, 0.2) is 42.5 Å². The van der Waals surface area contributed by atoms with Gasteiger partial charge in [0.25, 0.3) is 11.6 Å². The van der Waals surface area contributed by atoms with Gasteiger partial charge < -0.3 is 4.90 Å². The Hall–Kier alpha value is -3.66. The monoisotopic (exact) mass is 437 g/mol. The number of anilines is 2. The van der Waals surface area contributed by atoms with Crippen LogP contribution in [0.2, 0.25) is 0 Å². The van der Waals surface area contributed by atoms with Gasteiger partial charge in [-0.05, 0) is 43.2 Å². The maximum Gasteiger partial charge on any atom is 0.282 e. The molecule has 9 nitrogen and oxygen atoms in total. The number of nitro groups is 1. The minimum atomic E-state index is -0.630. The summed E-state index contributed by atoms with van der Waals surface area (Å²) < 4.78 is 0. The highest BCUT2D eigenvalue weighted by atomic mass is 32.1. The van der Waals surface area contributed by atoms with E-state index in [2.05, 4.69) is 15.5 Å². The van der Waals surface area contributed by atoms with Crippen molar-refractivity contribution < 1.29 is 14.5 Å². The van der Waals surface area contributed by atoms with Gasteiger partial charge in [-0.1, -0.05) is 29.5 Å². The van der Waals surface area contributed by atoms with E-state index >= 15 is 0 Å². The van der Waals surface area contributed by atoms with Crippen LogP contribution < -0.4 is 10.2 Å². The number of amides is 2. The Morgan fingerprint density at radius 2 is 1.97 bits per heavy atom. The van der Waals surface area contributed by atoms with Crippen molar-refractivity contribution in [1.82, 2.24) is 10.2 Å². The molecule has 10 heteroatoms. The van der Waals surface area contributed by atoms with E-state index in [-0.39, 0.29) is 28.2 Å². The fourth-order valence-corrected chi connectivity index (χ4v) is 4.29. The van der Waals surface area contributed by atoms with Crippen LogP contribution in [0.4, 0.5) is 16.5 Å². The van der Waals surface area contributed by atoms with Crippen LogP contribution in [-0.2, 0) is 4.79 Å². The highest BCUT2D eigenvalue weighted by Crippen LogP contribution is 2.35. The summed E-state index contributed by atoms with van der Waals surface area (Å²) in [5, 5.41) is 22.7.